The van der Waals surface area contributed by atoms with E-state index < -0.39 is 77.6 Å². The molecule has 13 nitrogen and oxygen atoms in total. The van der Waals surface area contributed by atoms with Gasteiger partial charge in [-0.15, -0.1) is 0 Å². The number of ether oxygens (including phenoxy) is 5. The maximum absolute atomic E-state index is 11.6. The van der Waals surface area contributed by atoms with Gasteiger partial charge in [-0.1, -0.05) is 59.9 Å². The van der Waals surface area contributed by atoms with Crippen molar-refractivity contribution in [3.63, 3.8) is 0 Å². The minimum atomic E-state index is -1.17. The quantitative estimate of drug-likeness (QED) is 0.146. The summed E-state index contributed by atoms with van der Waals surface area (Å²) in [6, 6.07) is 18.9. The van der Waals surface area contributed by atoms with Gasteiger partial charge in [0.2, 0.25) is 0 Å². The van der Waals surface area contributed by atoms with E-state index in [-0.39, 0.29) is 29.6 Å². The number of carbonyl (C=O) groups excluding carboxylic acids is 3. The van der Waals surface area contributed by atoms with Crippen LogP contribution in [0.2, 0.25) is 0 Å². The molecule has 2 aromatic carbocycles. The molecule has 0 aliphatic carbocycles. The van der Waals surface area contributed by atoms with Gasteiger partial charge in [-0.2, -0.15) is 7.11 Å². The van der Waals surface area contributed by atoms with Gasteiger partial charge in [0.15, 0.2) is 18.3 Å². The summed E-state index contributed by atoms with van der Waals surface area (Å²) in [5.41, 5.74) is -1.20. The fraction of sp³-hybridized carbons (Fsp3) is 0.531. The van der Waals surface area contributed by atoms with Gasteiger partial charge in [0.25, 0.3) is 0 Å². The molecule has 2 fully saturated rings. The van der Waals surface area contributed by atoms with E-state index in [4.69, 9.17) is 33.9 Å². The zero-order valence-electron chi connectivity index (χ0n) is 28.3. The summed E-state index contributed by atoms with van der Waals surface area (Å²) >= 11 is 2.68. The summed E-state index contributed by atoms with van der Waals surface area (Å²) in [6.45, 7) is 7.15. The first-order valence-electron chi connectivity index (χ1n) is 14.5. The van der Waals surface area contributed by atoms with Crippen molar-refractivity contribution in [1.29, 1.82) is 0 Å². The first-order valence-corrected chi connectivity index (χ1v) is 16.3. The first-order chi connectivity index (χ1) is 22.4. The van der Waals surface area contributed by atoms with E-state index >= 15 is 0 Å². The second kappa shape index (κ2) is 24.4. The molecule has 4 rings (SSSR count). The van der Waals surface area contributed by atoms with Crippen molar-refractivity contribution in [2.75, 3.05) is 14.2 Å². The van der Waals surface area contributed by atoms with Gasteiger partial charge < -0.3 is 49.2 Å². The molecular weight excluding hydrogens is 679 g/mol. The molecule has 2 saturated heterocycles. The molecule has 4 N–H and O–H groups in total. The molecule has 2 aliphatic rings. The number of rotatable bonds is 7. The molecule has 16 heteroatoms. The molecule has 2 aromatic rings. The van der Waals surface area contributed by atoms with Crippen LogP contribution < -0.4 is 34.7 Å². The number of hydrogen-bond acceptors (Lipinski definition) is 15. The normalized spacial score (nSPS) is 28.9. The maximum Gasteiger partial charge on any atom is 1.00 e. The van der Waals surface area contributed by atoms with Crippen LogP contribution >= 0.6 is 23.5 Å². The largest absolute Gasteiger partial charge is 1.00 e. The minimum Gasteiger partial charge on any atom is -0.857 e. The number of hydrogen-bond donors (Lipinski definition) is 4. The zero-order chi connectivity index (χ0) is 35.7. The van der Waals surface area contributed by atoms with E-state index in [1.165, 1.54) is 44.3 Å². The number of carbonyl (C=O) groups is 3. The topological polar surface area (TPSA) is 201 Å². The number of esters is 3. The summed E-state index contributed by atoms with van der Waals surface area (Å²) in [5.74, 6) is -1.66. The Kier molecular flexibility index (Phi) is 23.5. The summed E-state index contributed by atoms with van der Waals surface area (Å²) in [6.07, 6.45) is -7.13. The first kappa shape index (κ1) is 46.3. The minimum absolute atomic E-state index is 0. The van der Waals surface area contributed by atoms with Crippen molar-refractivity contribution in [3.05, 3.63) is 60.7 Å². The molecule has 2 heterocycles. The molecule has 0 saturated carbocycles. The summed E-state index contributed by atoms with van der Waals surface area (Å²) in [5, 5.41) is 44.3. The van der Waals surface area contributed by atoms with Gasteiger partial charge in [-0.3, -0.25) is 14.4 Å². The van der Waals surface area contributed by atoms with Crippen LogP contribution in [0.5, 0.6) is 0 Å². The Morgan fingerprint density at radius 2 is 0.979 bits per heavy atom. The van der Waals surface area contributed by atoms with E-state index in [1.807, 2.05) is 60.7 Å². The molecule has 2 aliphatic heterocycles. The average molecular weight is 725 g/mol. The van der Waals surface area contributed by atoms with E-state index in [9.17, 15) is 29.7 Å². The van der Waals surface area contributed by atoms with Crippen LogP contribution in [0, 0.1) is 0 Å². The van der Waals surface area contributed by atoms with Crippen molar-refractivity contribution in [1.82, 2.24) is 0 Å². The van der Waals surface area contributed by atoms with E-state index in [0.717, 1.165) is 24.0 Å². The fourth-order valence-corrected chi connectivity index (χ4v) is 6.71. The van der Waals surface area contributed by atoms with Crippen molar-refractivity contribution in [3.8, 4) is 0 Å². The molecule has 0 spiro atoms. The van der Waals surface area contributed by atoms with Crippen LogP contribution in [0.1, 0.15) is 34.6 Å². The molecule has 48 heavy (non-hydrogen) atoms. The van der Waals surface area contributed by atoms with Crippen LogP contribution in [0.3, 0.4) is 0 Å². The number of thioether (sulfide) groups is 2. The molecule has 264 valence electrons. The second-order valence-electron chi connectivity index (χ2n) is 9.97. The molecule has 0 aromatic heterocycles. The van der Waals surface area contributed by atoms with Gasteiger partial charge in [0.1, 0.15) is 29.2 Å². The molecule has 4 unspecified atom stereocenters. The number of aliphatic hydroxyl groups excluding tert-OH is 4. The fourth-order valence-electron chi connectivity index (χ4n) is 4.44. The molecule has 10 atom stereocenters. The van der Waals surface area contributed by atoms with E-state index in [0.29, 0.717) is 0 Å². The Hall–Kier alpha value is -1.73. The van der Waals surface area contributed by atoms with Crippen LogP contribution in [0.4, 0.5) is 0 Å². The molecule has 0 radical (unpaired) electrons. The van der Waals surface area contributed by atoms with Gasteiger partial charge in [-0.05, 0) is 38.1 Å². The standard InChI is InChI=1S/C18H22O7S.C12H16O4S.CH4O.CH3O.Na/c1-10-15(23-11(2)19)16(24-12(3)20)17(25-13(4)21)18(22-10)26-14-8-6-5-7-9-14;1-7-9(13)10(14)11(15)12(16-7)17-8-5-3-2-4-6-8;2*1-2;/h5-10,15-18H,1-4H3;2-7,9-15H,1H3;2H,1H3;1H3;/q;;;-1;+1/t10?,15-,16+,17?,18-;7?,9-,10+,11?,12-;;;/m11.../s1. The Labute approximate surface area is 311 Å². The van der Waals surface area contributed by atoms with Crippen molar-refractivity contribution in [2.24, 2.45) is 0 Å². The summed E-state index contributed by atoms with van der Waals surface area (Å²) < 4.78 is 27.5. The third-order valence-electron chi connectivity index (χ3n) is 6.43. The van der Waals surface area contributed by atoms with Crippen LogP contribution in [-0.2, 0) is 38.1 Å². The van der Waals surface area contributed by atoms with E-state index in [1.54, 1.807) is 13.8 Å². The Bertz CT molecular complexity index is 1200. The van der Waals surface area contributed by atoms with Gasteiger partial charge in [0.05, 0.1) is 12.2 Å². The third-order valence-corrected chi connectivity index (χ3v) is 8.76. The van der Waals surface area contributed by atoms with E-state index in [2.05, 4.69) is 0 Å². The average Bonchev–Trinajstić information content (AvgIpc) is 3.05. The van der Waals surface area contributed by atoms with Gasteiger partial charge >= 0.3 is 47.5 Å². The SMILES string of the molecule is CC(=O)OC1[C@@H](Sc2ccccc2)OC(C)[C@@H](OC(C)=O)[C@@H]1OC(C)=O.CC1O[C@H](Sc2ccccc2)C(O)[C@@H](O)[C@@H]1O.CO.C[O-].[Na+]. The molecule has 0 bridgehead atoms. The smallest absolute Gasteiger partial charge is 0.857 e. The number of benzene rings is 2. The van der Waals surface area contributed by atoms with Crippen molar-refractivity contribution < 1.29 is 93.2 Å². The van der Waals surface area contributed by atoms with Crippen LogP contribution in [-0.4, -0.2) is 112 Å². The predicted molar refractivity (Wildman–Crippen MR) is 172 cm³/mol. The second-order valence-corrected chi connectivity index (χ2v) is 12.3. The number of aliphatic hydroxyl groups is 4. The van der Waals surface area contributed by atoms with Crippen molar-refractivity contribution >= 4 is 41.4 Å². The zero-order valence-corrected chi connectivity index (χ0v) is 32.0. The van der Waals surface area contributed by atoms with Crippen LogP contribution in [0.15, 0.2) is 70.5 Å². The molecule has 0 amide bonds. The monoisotopic (exact) mass is 724 g/mol. The summed E-state index contributed by atoms with van der Waals surface area (Å²) in [4.78, 5) is 36.5. The predicted octanol–water partition coefficient (Wildman–Crippen LogP) is -1.49. The Balaban J connectivity index is 0.000000870. The van der Waals surface area contributed by atoms with Crippen molar-refractivity contribution in [2.45, 2.75) is 104 Å². The summed E-state index contributed by atoms with van der Waals surface area (Å²) in [7, 11) is 1.75. The Morgan fingerprint density at radius 3 is 1.42 bits per heavy atom. The molecular formula is C32H45NaO13S2. The Morgan fingerprint density at radius 1 is 0.604 bits per heavy atom. The van der Waals surface area contributed by atoms with Crippen LogP contribution in [0.25, 0.3) is 0 Å². The van der Waals surface area contributed by atoms with Gasteiger partial charge in [-0.25, -0.2) is 0 Å². The third kappa shape index (κ3) is 15.0. The van der Waals surface area contributed by atoms with Gasteiger partial charge in [0, 0.05) is 37.7 Å². The maximum atomic E-state index is 11.6.